The number of nitrogens with one attached hydrogen (secondary N) is 2. The summed E-state index contributed by atoms with van der Waals surface area (Å²) in [5, 5.41) is 4.70. The minimum absolute atomic E-state index is 0.0120. The molecule has 0 radical (unpaired) electrons. The number of methoxy groups -OCH3 is 2. The zero-order valence-electron chi connectivity index (χ0n) is 20.4. The molecule has 3 aliphatic rings. The Morgan fingerprint density at radius 2 is 1.81 bits per heavy atom. The lowest BCUT2D eigenvalue weighted by Crippen LogP contribution is -2.54. The van der Waals surface area contributed by atoms with E-state index >= 15 is 0 Å². The van der Waals surface area contributed by atoms with E-state index in [4.69, 9.17) is 9.47 Å². The Bertz CT molecular complexity index is 1440. The summed E-state index contributed by atoms with van der Waals surface area (Å²) in [6.07, 6.45) is 0.459. The molecule has 0 bridgehead atoms. The highest BCUT2D eigenvalue weighted by Crippen LogP contribution is 2.34. The average molecular weight is 506 g/mol. The monoisotopic (exact) mass is 506 g/mol. The van der Waals surface area contributed by atoms with Gasteiger partial charge in [-0.3, -0.25) is 19.7 Å². The fraction of sp³-hybridized carbons (Fsp3) is 0.308. The van der Waals surface area contributed by atoms with E-state index in [0.29, 0.717) is 41.1 Å². The number of β-lactam (4-membered cyclic amide) rings is 1. The molecule has 0 aromatic heterocycles. The fourth-order valence-electron chi connectivity index (χ4n) is 4.73. The number of hydrogen-bond donors (Lipinski definition) is 2. The predicted molar refractivity (Wildman–Crippen MR) is 129 cm³/mol. The van der Waals surface area contributed by atoms with Crippen molar-refractivity contribution in [2.24, 2.45) is 0 Å². The van der Waals surface area contributed by atoms with Crippen LogP contribution in [0.1, 0.15) is 33.5 Å². The zero-order chi connectivity index (χ0) is 26.5. The Labute approximate surface area is 211 Å². The lowest BCUT2D eigenvalue weighted by atomic mass is 9.97. The summed E-state index contributed by atoms with van der Waals surface area (Å²) >= 11 is 0. The van der Waals surface area contributed by atoms with E-state index in [9.17, 15) is 23.6 Å². The van der Waals surface area contributed by atoms with Crippen LogP contribution in [0.15, 0.2) is 24.3 Å². The average Bonchev–Trinajstić information content (AvgIpc) is 3.33. The third-order valence-corrected chi connectivity index (χ3v) is 6.80. The van der Waals surface area contributed by atoms with E-state index in [2.05, 4.69) is 22.5 Å². The van der Waals surface area contributed by atoms with Gasteiger partial charge in [0.05, 0.1) is 31.9 Å². The number of urea groups is 1. The van der Waals surface area contributed by atoms with E-state index in [0.717, 1.165) is 0 Å². The molecule has 5 amide bonds. The number of fused-ring (bicyclic) bond motifs is 1. The second-order valence-corrected chi connectivity index (χ2v) is 8.92. The summed E-state index contributed by atoms with van der Waals surface area (Å²) < 4.78 is 25.2. The summed E-state index contributed by atoms with van der Waals surface area (Å²) in [5.41, 5.74) is 0.260. The second-order valence-electron chi connectivity index (χ2n) is 8.92. The van der Waals surface area contributed by atoms with Gasteiger partial charge in [-0.25, -0.2) is 9.18 Å². The molecule has 0 aliphatic carbocycles. The van der Waals surface area contributed by atoms with Crippen molar-refractivity contribution in [2.75, 3.05) is 32.2 Å². The number of anilines is 1. The maximum Gasteiger partial charge on any atom is 0.323 e. The first-order valence-electron chi connectivity index (χ1n) is 11.5. The zero-order valence-corrected chi connectivity index (χ0v) is 20.4. The number of carbonyl (C=O) groups excluding carboxylic acids is 4. The van der Waals surface area contributed by atoms with Crippen molar-refractivity contribution in [2.45, 2.75) is 25.4 Å². The van der Waals surface area contributed by atoms with Crippen LogP contribution in [0.4, 0.5) is 14.9 Å². The molecule has 2 N–H and O–H groups in total. The standard InChI is InChI=1S/C26H23FN4O6/c1-14-16(18(36-2)7-5-17(14)31-11-9-20(31)32)8-10-26(24(34)28-25(35)29-26)13-30-12-15-4-6-19(37-3)22(27)21(15)23(30)33/h4-7H,9,11-13H2,1-3H3,(H2,28,29,34,35). The van der Waals surface area contributed by atoms with Gasteiger partial charge in [0.1, 0.15) is 5.75 Å². The maximum absolute atomic E-state index is 14.8. The summed E-state index contributed by atoms with van der Waals surface area (Å²) in [6, 6.07) is 5.68. The normalized spacial score (nSPS) is 20.1. The number of nitrogens with zero attached hydrogens (tertiary/aromatic N) is 2. The molecule has 11 heteroatoms. The van der Waals surface area contributed by atoms with Crippen molar-refractivity contribution >= 4 is 29.4 Å². The molecule has 2 fully saturated rings. The van der Waals surface area contributed by atoms with Crippen LogP contribution in [0.3, 0.4) is 0 Å². The molecule has 5 rings (SSSR count). The Balaban J connectivity index is 1.53. The van der Waals surface area contributed by atoms with Gasteiger partial charge in [0.15, 0.2) is 11.6 Å². The van der Waals surface area contributed by atoms with Crippen LogP contribution in [0, 0.1) is 24.6 Å². The van der Waals surface area contributed by atoms with E-state index in [1.165, 1.54) is 25.2 Å². The van der Waals surface area contributed by atoms with Gasteiger partial charge in [-0.15, -0.1) is 0 Å². The van der Waals surface area contributed by atoms with Gasteiger partial charge in [0.2, 0.25) is 11.4 Å². The molecule has 0 spiro atoms. The fourth-order valence-corrected chi connectivity index (χ4v) is 4.73. The first-order valence-corrected chi connectivity index (χ1v) is 11.5. The van der Waals surface area contributed by atoms with Crippen LogP contribution in [0.25, 0.3) is 0 Å². The van der Waals surface area contributed by atoms with Crippen molar-refractivity contribution in [3.8, 4) is 23.3 Å². The van der Waals surface area contributed by atoms with Crippen LogP contribution < -0.4 is 25.0 Å². The summed E-state index contributed by atoms with van der Waals surface area (Å²) in [5.74, 6) is 3.95. The summed E-state index contributed by atoms with van der Waals surface area (Å²) in [4.78, 5) is 53.1. The lowest BCUT2D eigenvalue weighted by molar-refractivity contribution is -0.123. The van der Waals surface area contributed by atoms with Gasteiger partial charge in [-0.05, 0) is 36.2 Å². The molecule has 2 saturated heterocycles. The molecule has 3 aliphatic heterocycles. The van der Waals surface area contributed by atoms with E-state index in [1.54, 1.807) is 30.0 Å². The number of hydrogen-bond acceptors (Lipinski definition) is 6. The SMILES string of the molecule is COc1ccc2c(c1F)C(=O)N(CC1(C#Cc3c(OC)ccc(N4CCC4=O)c3C)NC(=O)NC1=O)C2. The number of ether oxygens (including phenoxy) is 2. The Kier molecular flexibility index (Phi) is 5.75. The molecule has 1 atom stereocenters. The maximum atomic E-state index is 14.8. The molecule has 190 valence electrons. The lowest BCUT2D eigenvalue weighted by Gasteiger charge is -2.32. The van der Waals surface area contributed by atoms with Crippen molar-refractivity contribution in [1.29, 1.82) is 0 Å². The van der Waals surface area contributed by atoms with Crippen molar-refractivity contribution in [1.82, 2.24) is 15.5 Å². The summed E-state index contributed by atoms with van der Waals surface area (Å²) in [7, 11) is 2.77. The van der Waals surface area contributed by atoms with Crippen LogP contribution in [-0.2, 0) is 16.1 Å². The number of benzene rings is 2. The molecule has 2 aromatic carbocycles. The molecular formula is C26H23FN4O6. The molecule has 10 nitrogen and oxygen atoms in total. The highest BCUT2D eigenvalue weighted by atomic mass is 19.1. The Morgan fingerprint density at radius 3 is 2.41 bits per heavy atom. The van der Waals surface area contributed by atoms with Gasteiger partial charge in [0, 0.05) is 25.2 Å². The molecular weight excluding hydrogens is 483 g/mol. The number of imide groups is 1. The number of amides is 5. The van der Waals surface area contributed by atoms with Crippen LogP contribution in [0.5, 0.6) is 11.5 Å². The van der Waals surface area contributed by atoms with E-state index in [-0.39, 0.29) is 30.3 Å². The third kappa shape index (κ3) is 3.81. The predicted octanol–water partition coefficient (Wildman–Crippen LogP) is 1.47. The molecule has 37 heavy (non-hydrogen) atoms. The van der Waals surface area contributed by atoms with Crippen molar-refractivity contribution in [3.05, 3.63) is 52.3 Å². The molecule has 2 aromatic rings. The number of carbonyl (C=O) groups is 4. The van der Waals surface area contributed by atoms with Gasteiger partial charge in [-0.1, -0.05) is 17.9 Å². The number of rotatable bonds is 5. The van der Waals surface area contributed by atoms with Crippen molar-refractivity contribution < 1.29 is 33.0 Å². The van der Waals surface area contributed by atoms with E-state index < -0.39 is 29.2 Å². The smallest absolute Gasteiger partial charge is 0.323 e. The second kappa shape index (κ2) is 8.81. The van der Waals surface area contributed by atoms with Crippen LogP contribution in [-0.4, -0.2) is 61.5 Å². The highest BCUT2D eigenvalue weighted by Gasteiger charge is 2.49. The first-order chi connectivity index (χ1) is 17.7. The largest absolute Gasteiger partial charge is 0.495 e. The molecule has 3 heterocycles. The first kappa shape index (κ1) is 24.1. The quantitative estimate of drug-likeness (QED) is 0.361. The van der Waals surface area contributed by atoms with Crippen molar-refractivity contribution in [3.63, 3.8) is 0 Å². The van der Waals surface area contributed by atoms with Gasteiger partial charge in [0.25, 0.3) is 11.8 Å². The molecule has 1 unspecified atom stereocenters. The topological polar surface area (TPSA) is 117 Å². The minimum Gasteiger partial charge on any atom is -0.495 e. The highest BCUT2D eigenvalue weighted by molar-refractivity contribution is 6.10. The third-order valence-electron chi connectivity index (χ3n) is 6.80. The van der Waals surface area contributed by atoms with Gasteiger partial charge < -0.3 is 24.6 Å². The Morgan fingerprint density at radius 1 is 1.08 bits per heavy atom. The minimum atomic E-state index is -1.80. The van der Waals surface area contributed by atoms with Gasteiger partial charge >= 0.3 is 6.03 Å². The van der Waals surface area contributed by atoms with Crippen LogP contribution in [0.2, 0.25) is 0 Å². The summed E-state index contributed by atoms with van der Waals surface area (Å²) in [6.45, 7) is 2.07. The molecule has 0 saturated carbocycles. The van der Waals surface area contributed by atoms with E-state index in [1.807, 2.05) is 0 Å². The number of halogens is 1. The Hall–Kier alpha value is -4.59. The van der Waals surface area contributed by atoms with Crippen LogP contribution >= 0.6 is 0 Å². The van der Waals surface area contributed by atoms with Gasteiger partial charge in [-0.2, -0.15) is 0 Å².